The van der Waals surface area contributed by atoms with E-state index in [1.165, 1.54) is 24.3 Å². The van der Waals surface area contributed by atoms with Crippen LogP contribution in [0, 0.1) is 0 Å². The lowest BCUT2D eigenvalue weighted by atomic mass is 10.1. The fourth-order valence-corrected chi connectivity index (χ4v) is 4.00. The molecule has 11 heteroatoms. The number of benzene rings is 2. The Balaban J connectivity index is 2.02. The van der Waals surface area contributed by atoms with Crippen molar-refractivity contribution in [3.05, 3.63) is 86.8 Å². The summed E-state index contributed by atoms with van der Waals surface area (Å²) in [5.41, 5.74) is -3.67. The van der Waals surface area contributed by atoms with E-state index in [9.17, 15) is 21.6 Å². The first-order valence-corrected chi connectivity index (χ1v) is 12.7. The fraction of sp³-hybridized carbons (Fsp3) is 0.227. The summed E-state index contributed by atoms with van der Waals surface area (Å²) in [5, 5.41) is 0. The van der Waals surface area contributed by atoms with Crippen LogP contribution in [0.25, 0.3) is 5.76 Å². The summed E-state index contributed by atoms with van der Waals surface area (Å²) in [6, 6.07) is 13.6. The summed E-state index contributed by atoms with van der Waals surface area (Å²) in [6.45, 7) is 2.36. The van der Waals surface area contributed by atoms with Gasteiger partial charge in [0.25, 0.3) is 0 Å². The van der Waals surface area contributed by atoms with Gasteiger partial charge in [-0.15, -0.1) is 0 Å². The van der Waals surface area contributed by atoms with E-state index in [4.69, 9.17) is 4.74 Å². The lowest BCUT2D eigenvalue weighted by Gasteiger charge is -2.14. The molecule has 0 saturated carbocycles. The van der Waals surface area contributed by atoms with Gasteiger partial charge in [-0.3, -0.25) is 0 Å². The Kier molecular flexibility index (Phi) is 8.54. The van der Waals surface area contributed by atoms with E-state index in [2.05, 4.69) is 40.6 Å². The maximum atomic E-state index is 12.9. The first kappa shape index (κ1) is 25.7. The minimum atomic E-state index is -5.84. The molecule has 0 aliphatic carbocycles. The summed E-state index contributed by atoms with van der Waals surface area (Å²) in [5.74, 6) is -0.451. The minimum absolute atomic E-state index is 0.173. The molecule has 0 spiro atoms. The van der Waals surface area contributed by atoms with Crippen LogP contribution in [0.1, 0.15) is 11.1 Å². The fourth-order valence-electron chi connectivity index (χ4n) is 2.99. The molecule has 0 atom stereocenters. The second kappa shape index (κ2) is 11.0. The highest BCUT2D eigenvalue weighted by molar-refractivity contribution is 9.10. The molecule has 1 fully saturated rings. The standard InChI is InChI=1S/C22H19Br2F3NO4S/c23-18-8-4-16(5-9-18)20(28-12-14-31-15-13-28)2-1-3-21(17-6-10-19(24)11-7-17)32-33(29,30)22(25,26)27/h1-11H,12-15H2/q+1/b2-1+,21-3+. The largest absolute Gasteiger partial charge is 0.534 e. The summed E-state index contributed by atoms with van der Waals surface area (Å²) in [7, 11) is -5.84. The zero-order chi connectivity index (χ0) is 24.1. The van der Waals surface area contributed by atoms with Gasteiger partial charge in [0.05, 0.1) is 0 Å². The van der Waals surface area contributed by atoms with Crippen LogP contribution in [0.2, 0.25) is 0 Å². The zero-order valence-electron chi connectivity index (χ0n) is 17.1. The van der Waals surface area contributed by atoms with E-state index in [1.807, 2.05) is 24.3 Å². The predicted molar refractivity (Wildman–Crippen MR) is 126 cm³/mol. The highest BCUT2D eigenvalue weighted by Crippen LogP contribution is 2.30. The molecule has 5 nitrogen and oxygen atoms in total. The van der Waals surface area contributed by atoms with E-state index >= 15 is 0 Å². The number of nitrogens with zero attached hydrogens (tertiary/aromatic N) is 1. The quantitative estimate of drug-likeness (QED) is 0.143. The van der Waals surface area contributed by atoms with Crippen LogP contribution >= 0.6 is 31.9 Å². The third-order valence-electron chi connectivity index (χ3n) is 4.61. The van der Waals surface area contributed by atoms with Crippen molar-refractivity contribution in [3.8, 4) is 0 Å². The predicted octanol–water partition coefficient (Wildman–Crippen LogP) is 5.51. The summed E-state index contributed by atoms with van der Waals surface area (Å²) in [6.07, 6.45) is 4.37. The van der Waals surface area contributed by atoms with Gasteiger partial charge in [0.1, 0.15) is 19.0 Å². The summed E-state index contributed by atoms with van der Waals surface area (Å²) in [4.78, 5) is 0. The van der Waals surface area contributed by atoms with Gasteiger partial charge in [0, 0.05) is 26.1 Å². The van der Waals surface area contributed by atoms with Gasteiger partial charge < -0.3 is 8.92 Å². The van der Waals surface area contributed by atoms with Gasteiger partial charge in [-0.25, -0.2) is 4.58 Å². The van der Waals surface area contributed by atoms with Crippen molar-refractivity contribution in [3.63, 3.8) is 0 Å². The van der Waals surface area contributed by atoms with Gasteiger partial charge in [-0.05, 0) is 42.5 Å². The van der Waals surface area contributed by atoms with Crippen molar-refractivity contribution >= 4 is 53.4 Å². The smallest absolute Gasteiger partial charge is 0.375 e. The van der Waals surface area contributed by atoms with Crippen molar-refractivity contribution in [1.82, 2.24) is 0 Å². The summed E-state index contributed by atoms with van der Waals surface area (Å²) >= 11 is 6.64. The molecule has 33 heavy (non-hydrogen) atoms. The van der Waals surface area contributed by atoms with Crippen molar-refractivity contribution in [2.24, 2.45) is 0 Å². The Morgan fingerprint density at radius 2 is 1.45 bits per heavy atom. The molecular weight excluding hydrogens is 591 g/mol. The topological polar surface area (TPSA) is 55.6 Å². The lowest BCUT2D eigenvalue weighted by molar-refractivity contribution is -0.548. The molecule has 1 aliphatic rings. The number of morpholine rings is 1. The van der Waals surface area contributed by atoms with Crippen LogP contribution in [0.4, 0.5) is 13.2 Å². The van der Waals surface area contributed by atoms with E-state index in [-0.39, 0.29) is 5.56 Å². The molecule has 0 radical (unpaired) electrons. The van der Waals surface area contributed by atoms with Crippen LogP contribution in [0.3, 0.4) is 0 Å². The molecular formula is C22H19Br2F3NO4S+. The number of halogens is 5. The number of hydrogen-bond acceptors (Lipinski definition) is 4. The number of alkyl halides is 3. The van der Waals surface area contributed by atoms with Crippen molar-refractivity contribution in [2.75, 3.05) is 26.3 Å². The maximum absolute atomic E-state index is 12.9. The first-order chi connectivity index (χ1) is 15.6. The van der Waals surface area contributed by atoms with Gasteiger partial charge in [0.2, 0.25) is 5.71 Å². The SMILES string of the molecule is O=S(=O)(O/C(=C/C=C/C(c1ccc(Br)cc1)=[N+]1CCOCC1)c1ccc(Br)cc1)C(F)(F)F. The molecule has 0 amide bonds. The number of hydrogen-bond donors (Lipinski definition) is 0. The number of rotatable bonds is 6. The summed E-state index contributed by atoms with van der Waals surface area (Å²) < 4.78 is 75.6. The van der Waals surface area contributed by atoms with Gasteiger partial charge in [-0.1, -0.05) is 50.1 Å². The van der Waals surface area contributed by atoms with Crippen LogP contribution in [0.15, 0.2) is 75.7 Å². The number of allylic oxidation sites excluding steroid dienone is 3. The third-order valence-corrected chi connectivity index (χ3v) is 6.63. The Morgan fingerprint density at radius 1 is 0.939 bits per heavy atom. The average Bonchev–Trinajstić information content (AvgIpc) is 2.77. The first-order valence-electron chi connectivity index (χ1n) is 9.67. The molecule has 1 heterocycles. The van der Waals surface area contributed by atoms with Gasteiger partial charge in [-0.2, -0.15) is 21.6 Å². The number of ether oxygens (including phenoxy) is 1. The second-order valence-corrected chi connectivity index (χ2v) is 10.2. The Labute approximate surface area is 206 Å². The Bertz CT molecular complexity index is 1170. The van der Waals surface area contributed by atoms with Crippen LogP contribution < -0.4 is 0 Å². The average molecular weight is 610 g/mol. The van der Waals surface area contributed by atoms with Gasteiger partial charge >= 0.3 is 15.6 Å². The monoisotopic (exact) mass is 608 g/mol. The molecule has 0 unspecified atom stereocenters. The van der Waals surface area contributed by atoms with E-state index in [1.54, 1.807) is 18.2 Å². The molecule has 3 rings (SSSR count). The second-order valence-electron chi connectivity index (χ2n) is 6.87. The molecule has 2 aromatic rings. The highest BCUT2D eigenvalue weighted by atomic mass is 79.9. The normalized spacial score (nSPS) is 15.7. The molecule has 176 valence electrons. The van der Waals surface area contributed by atoms with Crippen LogP contribution in [-0.2, 0) is 19.0 Å². The highest BCUT2D eigenvalue weighted by Gasteiger charge is 2.49. The van der Waals surface area contributed by atoms with Crippen molar-refractivity contribution in [1.29, 1.82) is 0 Å². The Morgan fingerprint density at radius 3 is 1.97 bits per heavy atom. The maximum Gasteiger partial charge on any atom is 0.534 e. The van der Waals surface area contributed by atoms with Crippen molar-refractivity contribution < 1.29 is 35.1 Å². The lowest BCUT2D eigenvalue weighted by Crippen LogP contribution is -2.33. The minimum Gasteiger partial charge on any atom is -0.375 e. The molecule has 0 bridgehead atoms. The van der Waals surface area contributed by atoms with Crippen LogP contribution in [-0.4, -0.2) is 50.5 Å². The van der Waals surface area contributed by atoms with Gasteiger partial charge in [0.15, 0.2) is 13.1 Å². The molecule has 0 N–H and O–H groups in total. The molecule has 2 aromatic carbocycles. The van der Waals surface area contributed by atoms with E-state index in [0.29, 0.717) is 30.8 Å². The van der Waals surface area contributed by atoms with E-state index < -0.39 is 21.4 Å². The molecule has 1 saturated heterocycles. The zero-order valence-corrected chi connectivity index (χ0v) is 21.0. The van der Waals surface area contributed by atoms with Crippen molar-refractivity contribution in [2.45, 2.75) is 5.51 Å². The molecule has 0 aromatic heterocycles. The molecule has 1 aliphatic heterocycles. The third kappa shape index (κ3) is 7.02. The van der Waals surface area contributed by atoms with E-state index in [0.717, 1.165) is 15.7 Å². The van der Waals surface area contributed by atoms with Crippen LogP contribution in [0.5, 0.6) is 0 Å². The Hall–Kier alpha value is -1.95.